The first-order chi connectivity index (χ1) is 9.24. The van der Waals surface area contributed by atoms with Gasteiger partial charge in [-0.1, -0.05) is 36.4 Å². The Morgan fingerprint density at radius 2 is 2.05 bits per heavy atom. The maximum atomic E-state index is 11.3. The van der Waals surface area contributed by atoms with E-state index in [-0.39, 0.29) is 18.5 Å². The number of rotatable bonds is 4. The molecular weight excluding hydrogens is 244 g/mol. The third kappa shape index (κ3) is 3.23. The number of hydrogen-bond acceptors (Lipinski definition) is 4. The van der Waals surface area contributed by atoms with Crippen LogP contribution in [0.5, 0.6) is 0 Å². The Morgan fingerprint density at radius 1 is 1.32 bits per heavy atom. The van der Waals surface area contributed by atoms with Gasteiger partial charge in [0.05, 0.1) is 13.5 Å². The fourth-order valence-electron chi connectivity index (χ4n) is 1.86. The van der Waals surface area contributed by atoms with Crippen molar-refractivity contribution in [3.05, 3.63) is 53.5 Å². The highest BCUT2D eigenvalue weighted by molar-refractivity contribution is 5.75. The van der Waals surface area contributed by atoms with Crippen LogP contribution in [0.15, 0.2) is 47.9 Å². The molecule has 0 amide bonds. The van der Waals surface area contributed by atoms with Crippen molar-refractivity contribution in [2.75, 3.05) is 14.2 Å². The van der Waals surface area contributed by atoms with E-state index >= 15 is 0 Å². The second-order valence-electron chi connectivity index (χ2n) is 4.08. The van der Waals surface area contributed by atoms with Crippen LogP contribution in [-0.4, -0.2) is 26.3 Å². The summed E-state index contributed by atoms with van der Waals surface area (Å²) in [5.74, 6) is 0.633. The molecule has 1 unspecified atom stereocenters. The molecule has 2 rings (SSSR count). The van der Waals surface area contributed by atoms with Gasteiger partial charge < -0.3 is 14.2 Å². The monoisotopic (exact) mass is 260 g/mol. The Labute approximate surface area is 112 Å². The van der Waals surface area contributed by atoms with Crippen molar-refractivity contribution in [2.45, 2.75) is 12.5 Å². The minimum absolute atomic E-state index is 0.220. The van der Waals surface area contributed by atoms with Gasteiger partial charge in [0.2, 0.25) is 0 Å². The molecule has 1 aliphatic heterocycles. The maximum absolute atomic E-state index is 11.3. The van der Waals surface area contributed by atoms with Crippen LogP contribution in [0.4, 0.5) is 0 Å². The highest BCUT2D eigenvalue weighted by atomic mass is 16.6. The Hall–Kier alpha value is -2.07. The Balaban J connectivity index is 2.24. The van der Waals surface area contributed by atoms with Crippen molar-refractivity contribution in [2.24, 2.45) is 0 Å². The van der Waals surface area contributed by atoms with E-state index in [1.807, 2.05) is 36.4 Å². The average Bonchev–Trinajstić information content (AvgIpc) is 2.82. The van der Waals surface area contributed by atoms with E-state index in [1.54, 1.807) is 13.2 Å². The third-order valence-electron chi connectivity index (χ3n) is 2.84. The molecule has 0 radical (unpaired) electrons. The number of benzene rings is 1. The number of esters is 1. The number of hydrogen-bond donors (Lipinski definition) is 0. The summed E-state index contributed by atoms with van der Waals surface area (Å²) in [6.45, 7) is 0. The van der Waals surface area contributed by atoms with Crippen LogP contribution < -0.4 is 0 Å². The number of carbonyl (C=O) groups excluding carboxylic acids is 1. The van der Waals surface area contributed by atoms with E-state index < -0.39 is 0 Å². The predicted octanol–water partition coefficient (Wildman–Crippen LogP) is 2.52. The number of allylic oxidation sites excluding steroid dienone is 1. The smallest absolute Gasteiger partial charge is 0.314 e. The Bertz CT molecular complexity index is 502. The van der Waals surface area contributed by atoms with Crippen LogP contribution in [0, 0.1) is 0 Å². The van der Waals surface area contributed by atoms with Gasteiger partial charge in [0, 0.05) is 7.11 Å². The third-order valence-corrected chi connectivity index (χ3v) is 2.84. The topological polar surface area (TPSA) is 44.8 Å². The summed E-state index contributed by atoms with van der Waals surface area (Å²) in [7, 11) is 3.08. The summed E-state index contributed by atoms with van der Waals surface area (Å²) in [6.07, 6.45) is 3.51. The summed E-state index contributed by atoms with van der Waals surface area (Å²) in [6, 6.07) is 9.80. The molecule has 1 saturated heterocycles. The first-order valence-corrected chi connectivity index (χ1v) is 5.99. The van der Waals surface area contributed by atoms with Gasteiger partial charge in [0.15, 0.2) is 11.5 Å². The predicted molar refractivity (Wildman–Crippen MR) is 71.0 cm³/mol. The van der Waals surface area contributed by atoms with E-state index in [0.717, 1.165) is 5.56 Å². The Kier molecular flexibility index (Phi) is 4.36. The molecule has 1 fully saturated rings. The van der Waals surface area contributed by atoms with Crippen LogP contribution in [0.2, 0.25) is 0 Å². The van der Waals surface area contributed by atoms with Gasteiger partial charge >= 0.3 is 5.97 Å². The van der Waals surface area contributed by atoms with Crippen molar-refractivity contribution in [1.82, 2.24) is 0 Å². The molecule has 1 aromatic carbocycles. The number of carbonyl (C=O) groups is 1. The quantitative estimate of drug-likeness (QED) is 0.616. The number of ether oxygens (including phenoxy) is 3. The highest BCUT2D eigenvalue weighted by Gasteiger charge is 2.32. The molecular formula is C15H16O4. The zero-order valence-electron chi connectivity index (χ0n) is 11.0. The zero-order valence-corrected chi connectivity index (χ0v) is 11.0. The van der Waals surface area contributed by atoms with Crippen molar-refractivity contribution in [1.29, 1.82) is 0 Å². The van der Waals surface area contributed by atoms with Gasteiger partial charge in [0.25, 0.3) is 0 Å². The molecule has 1 aromatic rings. The second-order valence-corrected chi connectivity index (χ2v) is 4.08. The van der Waals surface area contributed by atoms with Gasteiger partial charge in [0.1, 0.15) is 6.10 Å². The lowest BCUT2D eigenvalue weighted by Gasteiger charge is -2.10. The Morgan fingerprint density at radius 3 is 2.68 bits per heavy atom. The molecule has 4 nitrogen and oxygen atoms in total. The first kappa shape index (κ1) is 13.4. The van der Waals surface area contributed by atoms with Crippen LogP contribution in [0.25, 0.3) is 6.08 Å². The van der Waals surface area contributed by atoms with Gasteiger partial charge in [-0.25, -0.2) is 0 Å². The summed E-state index contributed by atoms with van der Waals surface area (Å²) in [4.78, 5) is 11.3. The molecule has 1 heterocycles. The molecule has 0 bridgehead atoms. The largest absolute Gasteiger partial charge is 0.493 e. The molecule has 1 aliphatic rings. The minimum Gasteiger partial charge on any atom is -0.493 e. The second kappa shape index (κ2) is 6.20. The van der Waals surface area contributed by atoms with Crippen LogP contribution in [-0.2, 0) is 19.0 Å². The minimum atomic E-state index is -0.372. The molecule has 19 heavy (non-hydrogen) atoms. The van der Waals surface area contributed by atoms with E-state index in [9.17, 15) is 4.79 Å². The molecule has 0 saturated carbocycles. The van der Waals surface area contributed by atoms with Gasteiger partial charge in [-0.15, -0.1) is 0 Å². The molecule has 4 heteroatoms. The van der Waals surface area contributed by atoms with E-state index in [0.29, 0.717) is 11.5 Å². The lowest BCUT2D eigenvalue weighted by Crippen LogP contribution is -2.10. The number of methoxy groups -OCH3 is 2. The fraction of sp³-hybridized carbons (Fsp3) is 0.267. The fourth-order valence-corrected chi connectivity index (χ4v) is 1.86. The van der Waals surface area contributed by atoms with Gasteiger partial charge in [-0.3, -0.25) is 4.79 Å². The summed E-state index contributed by atoms with van der Waals surface area (Å²) < 4.78 is 15.6. The molecule has 0 aliphatic carbocycles. The van der Waals surface area contributed by atoms with Crippen LogP contribution >= 0.6 is 0 Å². The van der Waals surface area contributed by atoms with E-state index in [2.05, 4.69) is 0 Å². The van der Waals surface area contributed by atoms with Crippen molar-refractivity contribution in [3.8, 4) is 0 Å². The normalized spacial score (nSPS) is 21.6. The SMILES string of the molecule is COC(C=Cc1ccccc1)=C1OC(=O)CC1OC. The molecule has 100 valence electrons. The standard InChI is InChI=1S/C15H16O4/c1-17-12(9-8-11-6-4-3-5-7-11)15-13(18-2)10-14(16)19-15/h3-9,13H,10H2,1-2H3. The summed E-state index contributed by atoms with van der Waals surface area (Å²) in [5.41, 5.74) is 1.04. The van der Waals surface area contributed by atoms with Crippen LogP contribution in [0.3, 0.4) is 0 Å². The first-order valence-electron chi connectivity index (χ1n) is 5.99. The summed E-state index contributed by atoms with van der Waals surface area (Å²) in [5, 5.41) is 0. The lowest BCUT2D eigenvalue weighted by atomic mass is 10.2. The van der Waals surface area contributed by atoms with Crippen LogP contribution in [0.1, 0.15) is 12.0 Å². The average molecular weight is 260 g/mol. The van der Waals surface area contributed by atoms with Gasteiger partial charge in [-0.05, 0) is 11.6 Å². The summed E-state index contributed by atoms with van der Waals surface area (Å²) >= 11 is 0. The lowest BCUT2D eigenvalue weighted by molar-refractivity contribution is -0.135. The maximum Gasteiger partial charge on any atom is 0.314 e. The van der Waals surface area contributed by atoms with Crippen molar-refractivity contribution < 1.29 is 19.0 Å². The highest BCUT2D eigenvalue weighted by Crippen LogP contribution is 2.26. The van der Waals surface area contributed by atoms with Crippen molar-refractivity contribution >= 4 is 12.0 Å². The molecule has 0 aromatic heterocycles. The van der Waals surface area contributed by atoms with E-state index in [1.165, 1.54) is 7.11 Å². The molecule has 0 N–H and O–H groups in total. The van der Waals surface area contributed by atoms with E-state index in [4.69, 9.17) is 14.2 Å². The molecule has 0 spiro atoms. The van der Waals surface area contributed by atoms with Crippen molar-refractivity contribution in [3.63, 3.8) is 0 Å². The zero-order chi connectivity index (χ0) is 13.7. The number of cyclic esters (lactones) is 1. The van der Waals surface area contributed by atoms with Gasteiger partial charge in [-0.2, -0.15) is 0 Å². The molecule has 1 atom stereocenters.